The second kappa shape index (κ2) is 16.0. The lowest BCUT2D eigenvalue weighted by Gasteiger charge is -2.20. The number of hydrogen-bond donors (Lipinski definition) is 0. The maximum atomic E-state index is 7.01. The molecule has 0 aliphatic heterocycles. The monoisotopic (exact) mass is 789 g/mol. The minimum Gasteiger partial charge on any atom is -0.208 e. The van der Waals surface area contributed by atoms with Crippen molar-refractivity contribution in [3.63, 3.8) is 0 Å². The molecule has 0 aliphatic rings. The van der Waals surface area contributed by atoms with E-state index in [0.717, 1.165) is 50.1 Å². The maximum Gasteiger partial charge on any atom is 0.164 e. The van der Waals surface area contributed by atoms with Gasteiger partial charge in [-0.1, -0.05) is 155 Å². The highest BCUT2D eigenvalue weighted by Gasteiger charge is 2.23. The largest absolute Gasteiger partial charge is 0.208 e. The van der Waals surface area contributed by atoms with Crippen LogP contribution in [0.2, 0.25) is 0 Å². The van der Waals surface area contributed by atoms with Crippen molar-refractivity contribution in [1.29, 1.82) is 0 Å². The summed E-state index contributed by atoms with van der Waals surface area (Å²) in [5.41, 5.74) is 11.7. The zero-order valence-electron chi connectivity index (χ0n) is 33.3. The van der Waals surface area contributed by atoms with E-state index in [9.17, 15) is 0 Å². The van der Waals surface area contributed by atoms with E-state index in [4.69, 9.17) is 69.9 Å². The predicted molar refractivity (Wildman–Crippen MR) is 268 cm³/mol. The van der Waals surface area contributed by atoms with E-state index >= 15 is 0 Å². The number of benzene rings is 8. The third kappa shape index (κ3) is 6.95. The fourth-order valence-corrected chi connectivity index (χ4v) is 9.33. The zero-order valence-corrected chi connectivity index (χ0v) is 34.1. The van der Waals surface area contributed by atoms with E-state index in [1.54, 1.807) is 0 Å². The van der Waals surface area contributed by atoms with Gasteiger partial charge in [-0.25, -0.2) is 15.0 Å². The van der Waals surface area contributed by atoms with Crippen molar-refractivity contribution < 1.29 is 0 Å². The molecule has 272 valence electrons. The fraction of sp³-hybridized carbons (Fsp3) is 0. The molecular weight excluding hydrogens is 762 g/mol. The van der Waals surface area contributed by atoms with Crippen molar-refractivity contribution in [2.45, 2.75) is 0 Å². The predicted octanol–water partition coefficient (Wildman–Crippen LogP) is 5.47. The molecule has 0 saturated heterocycles. The molecule has 0 unspecified atom stereocenters. The summed E-state index contributed by atoms with van der Waals surface area (Å²) in [6, 6.07) is 53.2. The molecule has 0 spiro atoms. The Morgan fingerprint density at radius 3 is 1.27 bits per heavy atom. The van der Waals surface area contributed by atoms with E-state index in [2.05, 4.69) is 72.8 Å². The molecule has 8 aromatic carbocycles. The first-order valence-electron chi connectivity index (χ1n) is 19.9. The Kier molecular flexibility index (Phi) is 10.2. The number of nitrogens with zero attached hydrogens (tertiary/aromatic N) is 3. The Morgan fingerprint density at radius 1 is 0.274 bits per heavy atom. The van der Waals surface area contributed by atoms with Crippen LogP contribution in [0.5, 0.6) is 0 Å². The molecule has 0 saturated carbocycles. The summed E-state index contributed by atoms with van der Waals surface area (Å²) in [5, 5.41) is 1.28. The minimum absolute atomic E-state index is 0.187. The molecule has 0 bridgehead atoms. The first kappa shape index (κ1) is 39.6. The molecule has 62 heavy (non-hydrogen) atoms. The van der Waals surface area contributed by atoms with E-state index in [0.29, 0.717) is 59.7 Å². The Labute approximate surface area is 374 Å². The Hall–Kier alpha value is -6.56. The fourth-order valence-electron chi connectivity index (χ4n) is 8.06. The van der Waals surface area contributed by atoms with Crippen LogP contribution in [0.4, 0.5) is 0 Å². The lowest BCUT2D eigenvalue weighted by Crippen LogP contribution is -2.47. The third-order valence-corrected chi connectivity index (χ3v) is 12.6. The number of fused-ring (bicyclic) bond motifs is 3. The quantitative estimate of drug-likeness (QED) is 0.202. The van der Waals surface area contributed by atoms with Crippen LogP contribution in [-0.4, -0.2) is 69.9 Å². The summed E-state index contributed by atoms with van der Waals surface area (Å²) in [6.45, 7) is 0. The normalized spacial score (nSPS) is 11.4. The van der Waals surface area contributed by atoms with Gasteiger partial charge in [0.1, 0.15) is 54.9 Å². The lowest BCUT2D eigenvalue weighted by atomic mass is 9.64. The molecule has 2 aromatic heterocycles. The summed E-state index contributed by atoms with van der Waals surface area (Å²) in [6.07, 6.45) is 0. The van der Waals surface area contributed by atoms with Crippen molar-refractivity contribution in [2.75, 3.05) is 0 Å². The van der Waals surface area contributed by atoms with Gasteiger partial charge in [0.05, 0.1) is 0 Å². The van der Waals surface area contributed by atoms with Crippen molar-refractivity contribution in [3.05, 3.63) is 158 Å². The highest BCUT2D eigenvalue weighted by molar-refractivity contribution is 7.28. The topological polar surface area (TPSA) is 38.7 Å². The van der Waals surface area contributed by atoms with Crippen LogP contribution in [0.25, 0.3) is 98.8 Å². The summed E-state index contributed by atoms with van der Waals surface area (Å²) < 4.78 is 1.31. The number of rotatable bonds is 7. The van der Waals surface area contributed by atoms with Crippen LogP contribution in [0.3, 0.4) is 0 Å². The molecule has 0 aliphatic carbocycles. The van der Waals surface area contributed by atoms with Crippen LogP contribution in [0, 0.1) is 0 Å². The van der Waals surface area contributed by atoms with Crippen molar-refractivity contribution in [3.8, 4) is 78.7 Å². The Morgan fingerprint density at radius 2 is 0.661 bits per heavy atom. The van der Waals surface area contributed by atoms with Crippen LogP contribution >= 0.6 is 11.3 Å². The molecule has 0 amide bonds. The minimum atomic E-state index is 0.187. The Balaban J connectivity index is 1.24. The standard InChI is InChI=1S/C51H26B7N3S/c52-40-37(38-39-41(53)42(54)44(56)46(58)48(39)62-47(38)45(57)43(40)55)35-24-34(29-15-8-3-9-16-29)25-36(26-35)51-60-49(31-21-19-30(20-22-31)27-11-4-1-5-12-27)59-50(61-51)33-18-10-17-32(23-33)28-13-6-2-7-14-28/h1-26H. The third-order valence-electron chi connectivity index (χ3n) is 11.3. The SMILES string of the molecule is [B]c1c([B])c([B])c2c(sc3c([B])c([B])c([B])c(-c4cc(-c5ccccc5)cc(-c5nc(-c6ccc(-c7ccccc7)cc6)nc(-c6cccc(-c7ccccc7)c6)n5)c4)c32)c1[B]. The lowest BCUT2D eigenvalue weighted by molar-refractivity contribution is 1.07. The molecule has 0 N–H and O–H groups in total. The van der Waals surface area contributed by atoms with Crippen molar-refractivity contribution in [1.82, 2.24) is 15.0 Å². The zero-order chi connectivity index (χ0) is 42.6. The van der Waals surface area contributed by atoms with Gasteiger partial charge in [0.2, 0.25) is 0 Å². The van der Waals surface area contributed by atoms with Gasteiger partial charge in [-0.05, 0) is 74.2 Å². The van der Waals surface area contributed by atoms with Crippen LogP contribution < -0.4 is 38.2 Å². The van der Waals surface area contributed by atoms with Gasteiger partial charge < -0.3 is 0 Å². The van der Waals surface area contributed by atoms with Crippen molar-refractivity contribution in [2.24, 2.45) is 0 Å². The van der Waals surface area contributed by atoms with E-state index < -0.39 is 0 Å². The second-order valence-corrected chi connectivity index (χ2v) is 16.2. The molecule has 2 heterocycles. The molecule has 0 atom stereocenters. The highest BCUT2D eigenvalue weighted by atomic mass is 32.1. The number of thiophene rings is 1. The number of aromatic nitrogens is 3. The van der Waals surface area contributed by atoms with Gasteiger partial charge in [0.25, 0.3) is 0 Å². The molecule has 3 nitrogen and oxygen atoms in total. The van der Waals surface area contributed by atoms with E-state index in [-0.39, 0.29) is 27.3 Å². The number of hydrogen-bond acceptors (Lipinski definition) is 4. The highest BCUT2D eigenvalue weighted by Crippen LogP contribution is 2.39. The first-order chi connectivity index (χ1) is 30.1. The second-order valence-electron chi connectivity index (χ2n) is 15.1. The van der Waals surface area contributed by atoms with Gasteiger partial charge in [-0.2, -0.15) is 0 Å². The Bertz CT molecular complexity index is 3360. The average Bonchev–Trinajstić information content (AvgIpc) is 3.73. The van der Waals surface area contributed by atoms with Crippen LogP contribution in [0.1, 0.15) is 0 Å². The van der Waals surface area contributed by atoms with Gasteiger partial charge in [0, 0.05) is 31.5 Å². The first-order valence-corrected chi connectivity index (χ1v) is 20.7. The van der Waals surface area contributed by atoms with Gasteiger partial charge >= 0.3 is 0 Å². The molecule has 11 heteroatoms. The molecule has 10 aromatic rings. The molecular formula is C51H26B7N3S. The smallest absolute Gasteiger partial charge is 0.164 e. The summed E-state index contributed by atoms with van der Waals surface area (Å²) >= 11 is 1.35. The molecule has 0 fully saturated rings. The van der Waals surface area contributed by atoms with Gasteiger partial charge in [-0.3, -0.25) is 0 Å². The van der Waals surface area contributed by atoms with Crippen LogP contribution in [-0.2, 0) is 0 Å². The van der Waals surface area contributed by atoms with E-state index in [1.165, 1.54) is 11.3 Å². The maximum absolute atomic E-state index is 7.01. The van der Waals surface area contributed by atoms with E-state index in [1.807, 2.05) is 84.9 Å². The van der Waals surface area contributed by atoms with Crippen molar-refractivity contribution >= 4 is 125 Å². The van der Waals surface area contributed by atoms with Gasteiger partial charge in [0.15, 0.2) is 17.5 Å². The molecule has 10 rings (SSSR count). The summed E-state index contributed by atoms with van der Waals surface area (Å²) in [4.78, 5) is 15.5. The summed E-state index contributed by atoms with van der Waals surface area (Å²) in [7, 11) is 46.6. The molecule has 14 radical (unpaired) electrons. The summed E-state index contributed by atoms with van der Waals surface area (Å²) in [5.74, 6) is 1.48. The van der Waals surface area contributed by atoms with Crippen LogP contribution in [0.15, 0.2) is 158 Å². The van der Waals surface area contributed by atoms with Gasteiger partial charge in [-0.15, -0.1) is 27.7 Å². The average molecular weight is 789 g/mol.